The molecule has 0 aliphatic heterocycles. The highest BCUT2D eigenvalue weighted by atomic mass is 79.9. The minimum Gasteiger partial charge on any atom is -0.324 e. The van der Waals surface area contributed by atoms with E-state index in [0.29, 0.717) is 6.54 Å². The minimum atomic E-state index is 0.442. The highest BCUT2D eigenvalue weighted by Gasteiger charge is 2.16. The zero-order chi connectivity index (χ0) is 12.7. The van der Waals surface area contributed by atoms with Crippen molar-refractivity contribution in [2.75, 3.05) is 0 Å². The van der Waals surface area contributed by atoms with Gasteiger partial charge in [0, 0.05) is 28.1 Å². The Bertz CT molecular complexity index is 714. The number of thiophene rings is 1. The highest BCUT2D eigenvalue weighted by Crippen LogP contribution is 2.36. The molecule has 5 heteroatoms. The van der Waals surface area contributed by atoms with Crippen LogP contribution in [0.25, 0.3) is 21.3 Å². The summed E-state index contributed by atoms with van der Waals surface area (Å²) in [5, 5.41) is 3.39. The number of hydrogen-bond donors (Lipinski definition) is 1. The van der Waals surface area contributed by atoms with Gasteiger partial charge in [-0.15, -0.1) is 11.3 Å². The Balaban J connectivity index is 2.26. The third-order valence-electron chi connectivity index (χ3n) is 3.04. The maximum atomic E-state index is 5.70. The molecule has 3 nitrogen and oxygen atoms in total. The van der Waals surface area contributed by atoms with Crippen molar-refractivity contribution in [3.05, 3.63) is 40.1 Å². The molecule has 0 bridgehead atoms. The third kappa shape index (κ3) is 1.70. The van der Waals surface area contributed by atoms with Crippen LogP contribution in [0.4, 0.5) is 0 Å². The highest BCUT2D eigenvalue weighted by molar-refractivity contribution is 9.10. The van der Waals surface area contributed by atoms with Crippen LogP contribution in [-0.4, -0.2) is 9.55 Å². The van der Waals surface area contributed by atoms with Crippen molar-refractivity contribution in [3.8, 4) is 11.3 Å². The largest absolute Gasteiger partial charge is 0.324 e. The van der Waals surface area contributed by atoms with E-state index in [4.69, 9.17) is 5.73 Å². The van der Waals surface area contributed by atoms with Gasteiger partial charge in [-0.2, -0.15) is 0 Å². The molecular weight excluding hydrogens is 310 g/mol. The van der Waals surface area contributed by atoms with Crippen LogP contribution in [-0.2, 0) is 13.6 Å². The number of imidazole rings is 1. The number of halogens is 1. The Morgan fingerprint density at radius 2 is 2.17 bits per heavy atom. The van der Waals surface area contributed by atoms with Crippen LogP contribution in [0.2, 0.25) is 0 Å². The Kier molecular flexibility index (Phi) is 2.97. The lowest BCUT2D eigenvalue weighted by atomic mass is 10.1. The minimum absolute atomic E-state index is 0.442. The lowest BCUT2D eigenvalue weighted by molar-refractivity contribution is 0.781. The van der Waals surface area contributed by atoms with Gasteiger partial charge in [-0.3, -0.25) is 0 Å². The quantitative estimate of drug-likeness (QED) is 0.784. The second-order valence-corrected chi connectivity index (χ2v) is 5.74. The predicted molar refractivity (Wildman–Crippen MR) is 79.6 cm³/mol. The average molecular weight is 322 g/mol. The van der Waals surface area contributed by atoms with Crippen molar-refractivity contribution < 1.29 is 0 Å². The molecule has 2 heterocycles. The van der Waals surface area contributed by atoms with Gasteiger partial charge >= 0.3 is 0 Å². The monoisotopic (exact) mass is 321 g/mol. The third-order valence-corrected chi connectivity index (χ3v) is 4.91. The topological polar surface area (TPSA) is 43.8 Å². The molecule has 3 aromatic rings. The van der Waals surface area contributed by atoms with Gasteiger partial charge in [0.2, 0.25) is 0 Å². The number of fused-ring (bicyclic) bond motifs is 1. The zero-order valence-electron chi connectivity index (χ0n) is 9.85. The first-order valence-electron chi connectivity index (χ1n) is 5.60. The van der Waals surface area contributed by atoms with E-state index in [1.54, 1.807) is 11.3 Å². The van der Waals surface area contributed by atoms with Crippen molar-refractivity contribution in [1.29, 1.82) is 0 Å². The lowest BCUT2D eigenvalue weighted by Crippen LogP contribution is -2.04. The molecule has 2 aromatic heterocycles. The van der Waals surface area contributed by atoms with Gasteiger partial charge in [-0.25, -0.2) is 4.98 Å². The smallest absolute Gasteiger partial charge is 0.123 e. The number of hydrogen-bond acceptors (Lipinski definition) is 3. The van der Waals surface area contributed by atoms with Crippen LogP contribution in [0.5, 0.6) is 0 Å². The number of aromatic nitrogens is 2. The lowest BCUT2D eigenvalue weighted by Gasteiger charge is -1.98. The fraction of sp³-hybridized carbons (Fsp3) is 0.154. The van der Waals surface area contributed by atoms with Crippen LogP contribution in [0.15, 0.2) is 34.2 Å². The molecule has 0 atom stereocenters. The zero-order valence-corrected chi connectivity index (χ0v) is 12.3. The van der Waals surface area contributed by atoms with Crippen LogP contribution in [0, 0.1) is 0 Å². The van der Waals surface area contributed by atoms with E-state index < -0.39 is 0 Å². The summed E-state index contributed by atoms with van der Waals surface area (Å²) in [4.78, 5) is 4.62. The second kappa shape index (κ2) is 4.50. The first-order chi connectivity index (χ1) is 8.72. The van der Waals surface area contributed by atoms with Crippen molar-refractivity contribution in [3.63, 3.8) is 0 Å². The molecule has 0 spiro atoms. The molecule has 0 fully saturated rings. The standard InChI is InChI=1S/C13H12BrN3S/c1-17-11(6-15)16-12(13(17)14)9-7-18-10-5-3-2-4-8(9)10/h2-5,7H,6,15H2,1H3. The summed E-state index contributed by atoms with van der Waals surface area (Å²) < 4.78 is 4.24. The molecule has 0 saturated heterocycles. The van der Waals surface area contributed by atoms with E-state index >= 15 is 0 Å². The summed E-state index contributed by atoms with van der Waals surface area (Å²) in [6.07, 6.45) is 0. The summed E-state index contributed by atoms with van der Waals surface area (Å²) >= 11 is 5.34. The average Bonchev–Trinajstić information content (AvgIpc) is 2.93. The second-order valence-electron chi connectivity index (χ2n) is 4.08. The van der Waals surface area contributed by atoms with Gasteiger partial charge in [0.25, 0.3) is 0 Å². The maximum absolute atomic E-state index is 5.70. The normalized spacial score (nSPS) is 11.3. The van der Waals surface area contributed by atoms with E-state index in [9.17, 15) is 0 Å². The fourth-order valence-corrected chi connectivity index (χ4v) is 3.49. The summed E-state index contributed by atoms with van der Waals surface area (Å²) in [6, 6.07) is 8.37. The van der Waals surface area contributed by atoms with Gasteiger partial charge < -0.3 is 10.3 Å². The van der Waals surface area contributed by atoms with E-state index in [2.05, 4.69) is 50.6 Å². The molecule has 0 amide bonds. The van der Waals surface area contributed by atoms with Gasteiger partial charge in [0.15, 0.2) is 0 Å². The predicted octanol–water partition coefficient (Wildman–Crippen LogP) is 3.52. The first-order valence-corrected chi connectivity index (χ1v) is 7.27. The Morgan fingerprint density at radius 3 is 2.89 bits per heavy atom. The Hall–Kier alpha value is -1.17. The summed E-state index contributed by atoms with van der Waals surface area (Å²) in [7, 11) is 1.97. The fourth-order valence-electron chi connectivity index (χ4n) is 2.04. The maximum Gasteiger partial charge on any atom is 0.123 e. The van der Waals surface area contributed by atoms with E-state index in [0.717, 1.165) is 21.7 Å². The summed E-state index contributed by atoms with van der Waals surface area (Å²) in [5.74, 6) is 0.882. The summed E-state index contributed by atoms with van der Waals surface area (Å²) in [6.45, 7) is 0.442. The molecule has 92 valence electrons. The Morgan fingerprint density at radius 1 is 1.39 bits per heavy atom. The molecule has 0 aliphatic carbocycles. The van der Waals surface area contributed by atoms with E-state index in [1.807, 2.05) is 11.6 Å². The molecule has 3 rings (SSSR count). The van der Waals surface area contributed by atoms with Crippen molar-refractivity contribution >= 4 is 37.4 Å². The molecule has 0 saturated carbocycles. The van der Waals surface area contributed by atoms with Crippen LogP contribution in [0.1, 0.15) is 5.82 Å². The molecule has 18 heavy (non-hydrogen) atoms. The number of rotatable bonds is 2. The number of nitrogens with zero attached hydrogens (tertiary/aromatic N) is 2. The van der Waals surface area contributed by atoms with Crippen molar-refractivity contribution in [2.24, 2.45) is 12.8 Å². The van der Waals surface area contributed by atoms with Gasteiger partial charge in [-0.05, 0) is 22.0 Å². The molecule has 0 aliphatic rings. The van der Waals surface area contributed by atoms with Crippen LogP contribution < -0.4 is 5.73 Å². The Labute approximate surface area is 117 Å². The van der Waals surface area contributed by atoms with Crippen molar-refractivity contribution in [2.45, 2.75) is 6.54 Å². The summed E-state index contributed by atoms with van der Waals surface area (Å²) in [5.41, 5.74) is 7.83. The first kappa shape index (κ1) is 11.9. The molecule has 0 radical (unpaired) electrons. The van der Waals surface area contributed by atoms with Gasteiger partial charge in [0.05, 0.1) is 6.54 Å². The van der Waals surface area contributed by atoms with Crippen LogP contribution in [0.3, 0.4) is 0 Å². The molecule has 1 aromatic carbocycles. The van der Waals surface area contributed by atoms with Gasteiger partial charge in [0.1, 0.15) is 16.1 Å². The molecular formula is C13H12BrN3S. The van der Waals surface area contributed by atoms with Crippen molar-refractivity contribution in [1.82, 2.24) is 9.55 Å². The van der Waals surface area contributed by atoms with E-state index in [-0.39, 0.29) is 0 Å². The van der Waals surface area contributed by atoms with Crippen LogP contribution >= 0.6 is 27.3 Å². The van der Waals surface area contributed by atoms with Gasteiger partial charge in [-0.1, -0.05) is 18.2 Å². The molecule has 0 unspecified atom stereocenters. The number of benzene rings is 1. The number of nitrogens with two attached hydrogens (primary N) is 1. The van der Waals surface area contributed by atoms with E-state index in [1.165, 1.54) is 10.1 Å². The SMILES string of the molecule is Cn1c(CN)nc(-c2csc3ccccc23)c1Br. The molecule has 2 N–H and O–H groups in total.